The Bertz CT molecular complexity index is 773. The topological polar surface area (TPSA) is 130 Å². The van der Waals surface area contributed by atoms with Crippen LogP contribution in [0.1, 0.15) is 36.0 Å². The molecule has 0 fully saturated rings. The van der Waals surface area contributed by atoms with Crippen LogP contribution in [0.15, 0.2) is 16.5 Å². The van der Waals surface area contributed by atoms with Gasteiger partial charge in [0.05, 0.1) is 25.2 Å². The Balaban J connectivity index is 2.28. The minimum absolute atomic E-state index is 0.125. The van der Waals surface area contributed by atoms with Crippen molar-refractivity contribution in [1.82, 2.24) is 10.2 Å². The van der Waals surface area contributed by atoms with E-state index in [-0.39, 0.29) is 23.1 Å². The van der Waals surface area contributed by atoms with E-state index in [0.29, 0.717) is 12.3 Å². The molecule has 0 spiro atoms. The van der Waals surface area contributed by atoms with Crippen molar-refractivity contribution in [2.45, 2.75) is 26.2 Å². The first-order chi connectivity index (χ1) is 12.0. The fraction of sp³-hybridized carbons (Fsp3) is 0.400. The number of aromatic nitrogens is 2. The van der Waals surface area contributed by atoms with Crippen LogP contribution in [0, 0.1) is 10.1 Å². The Morgan fingerprint density at radius 1 is 1.28 bits per heavy atom. The van der Waals surface area contributed by atoms with Crippen LogP contribution in [0.3, 0.4) is 0 Å². The van der Waals surface area contributed by atoms with E-state index in [1.165, 1.54) is 20.3 Å². The molecule has 0 aliphatic heterocycles. The predicted octanol–water partition coefficient (Wildman–Crippen LogP) is 2.59. The molecule has 0 bridgehead atoms. The molecule has 10 heteroatoms. The number of nitrogens with one attached hydrogen (secondary N) is 1. The van der Waals surface area contributed by atoms with Gasteiger partial charge < -0.3 is 13.9 Å². The highest BCUT2D eigenvalue weighted by Crippen LogP contribution is 2.34. The molecule has 0 saturated carbocycles. The zero-order chi connectivity index (χ0) is 18.4. The van der Waals surface area contributed by atoms with Gasteiger partial charge in [-0.15, -0.1) is 5.10 Å². The van der Waals surface area contributed by atoms with Crippen LogP contribution >= 0.6 is 0 Å². The van der Waals surface area contributed by atoms with Crippen molar-refractivity contribution in [3.05, 3.63) is 33.7 Å². The molecule has 0 unspecified atom stereocenters. The predicted molar refractivity (Wildman–Crippen MR) is 87.1 cm³/mol. The molecule has 0 saturated heterocycles. The number of aryl methyl sites for hydroxylation is 1. The van der Waals surface area contributed by atoms with Crippen molar-refractivity contribution < 1.29 is 23.6 Å². The number of anilines is 1. The smallest absolute Gasteiger partial charge is 0.322 e. The Labute approximate surface area is 143 Å². The number of methoxy groups -OCH3 is 2. The number of hydrogen-bond donors (Lipinski definition) is 1. The Hall–Kier alpha value is -3.17. The summed E-state index contributed by atoms with van der Waals surface area (Å²) in [5.74, 6) is -0.0462. The summed E-state index contributed by atoms with van der Waals surface area (Å²) in [6.45, 7) is 2.02. The SMILES string of the molecule is CCCCc1nnc(NC(=O)c2cc(OC)c(OC)cc2[N+](=O)[O-])o1. The van der Waals surface area contributed by atoms with Crippen LogP contribution in [0.5, 0.6) is 11.5 Å². The third-order valence-corrected chi connectivity index (χ3v) is 3.37. The van der Waals surface area contributed by atoms with Gasteiger partial charge in [-0.3, -0.25) is 20.2 Å². The van der Waals surface area contributed by atoms with E-state index in [2.05, 4.69) is 15.5 Å². The van der Waals surface area contributed by atoms with Crippen molar-refractivity contribution in [2.75, 3.05) is 19.5 Å². The van der Waals surface area contributed by atoms with Crippen molar-refractivity contribution >= 4 is 17.6 Å². The molecule has 1 amide bonds. The Morgan fingerprint density at radius 3 is 2.56 bits per heavy atom. The van der Waals surface area contributed by atoms with Crippen molar-refractivity contribution in [3.63, 3.8) is 0 Å². The van der Waals surface area contributed by atoms with E-state index in [1.807, 2.05) is 6.92 Å². The Kier molecular flexibility index (Phi) is 5.88. The number of rotatable bonds is 8. The minimum atomic E-state index is -0.765. The van der Waals surface area contributed by atoms with Gasteiger partial charge in [0.25, 0.3) is 11.6 Å². The molecule has 134 valence electrons. The van der Waals surface area contributed by atoms with Crippen LogP contribution in [0.25, 0.3) is 0 Å². The number of unbranched alkanes of at least 4 members (excludes halogenated alkanes) is 1. The van der Waals surface area contributed by atoms with Crippen molar-refractivity contribution in [3.8, 4) is 11.5 Å². The monoisotopic (exact) mass is 350 g/mol. The summed E-state index contributed by atoms with van der Waals surface area (Å²) in [6, 6.07) is 2.22. The highest BCUT2D eigenvalue weighted by Gasteiger charge is 2.25. The number of carbonyl (C=O) groups excluding carboxylic acids is 1. The molecular weight excluding hydrogens is 332 g/mol. The molecule has 0 aliphatic rings. The van der Waals surface area contributed by atoms with E-state index in [9.17, 15) is 14.9 Å². The zero-order valence-electron chi connectivity index (χ0n) is 14.1. The second-order valence-corrected chi connectivity index (χ2v) is 5.04. The number of nitro groups is 1. The van der Waals surface area contributed by atoms with Crippen molar-refractivity contribution in [2.24, 2.45) is 0 Å². The maximum absolute atomic E-state index is 12.4. The lowest BCUT2D eigenvalue weighted by Gasteiger charge is -2.09. The number of nitro benzene ring substituents is 1. The van der Waals surface area contributed by atoms with Gasteiger partial charge in [0.15, 0.2) is 11.5 Å². The average molecular weight is 350 g/mol. The van der Waals surface area contributed by atoms with Gasteiger partial charge in [0, 0.05) is 12.5 Å². The summed E-state index contributed by atoms with van der Waals surface area (Å²) in [6.07, 6.45) is 2.43. The van der Waals surface area contributed by atoms with Crippen LogP contribution in [-0.4, -0.2) is 35.2 Å². The van der Waals surface area contributed by atoms with Gasteiger partial charge in [-0.1, -0.05) is 18.4 Å². The molecule has 1 aromatic heterocycles. The average Bonchev–Trinajstić information content (AvgIpc) is 3.05. The Morgan fingerprint density at radius 2 is 1.96 bits per heavy atom. The lowest BCUT2D eigenvalue weighted by molar-refractivity contribution is -0.385. The molecule has 1 aromatic carbocycles. The van der Waals surface area contributed by atoms with E-state index in [4.69, 9.17) is 13.9 Å². The number of benzene rings is 1. The second kappa shape index (κ2) is 8.08. The fourth-order valence-electron chi connectivity index (χ4n) is 2.10. The first-order valence-corrected chi connectivity index (χ1v) is 7.54. The molecule has 2 rings (SSSR count). The number of ether oxygens (including phenoxy) is 2. The van der Waals surface area contributed by atoms with Crippen LogP contribution in [0.4, 0.5) is 11.7 Å². The summed E-state index contributed by atoms with van der Waals surface area (Å²) in [7, 11) is 2.71. The van der Waals surface area contributed by atoms with Gasteiger partial charge in [0.1, 0.15) is 5.56 Å². The summed E-state index contributed by atoms with van der Waals surface area (Å²) in [5, 5.41) is 21.1. The van der Waals surface area contributed by atoms with E-state index >= 15 is 0 Å². The molecule has 1 heterocycles. The largest absolute Gasteiger partial charge is 0.493 e. The molecule has 25 heavy (non-hydrogen) atoms. The van der Waals surface area contributed by atoms with E-state index < -0.39 is 16.5 Å². The van der Waals surface area contributed by atoms with Gasteiger partial charge in [-0.2, -0.15) is 0 Å². The second-order valence-electron chi connectivity index (χ2n) is 5.04. The first kappa shape index (κ1) is 18.2. The third kappa shape index (κ3) is 4.22. The summed E-state index contributed by atoms with van der Waals surface area (Å²) in [5.41, 5.74) is -0.642. The molecule has 1 N–H and O–H groups in total. The molecule has 0 atom stereocenters. The highest BCUT2D eigenvalue weighted by atomic mass is 16.6. The zero-order valence-corrected chi connectivity index (χ0v) is 14.1. The highest BCUT2D eigenvalue weighted by molar-refractivity contribution is 6.06. The molecule has 0 aliphatic carbocycles. The summed E-state index contributed by atoms with van der Waals surface area (Å²) < 4.78 is 15.4. The van der Waals surface area contributed by atoms with Crippen LogP contribution in [0.2, 0.25) is 0 Å². The van der Waals surface area contributed by atoms with Crippen molar-refractivity contribution in [1.29, 1.82) is 0 Å². The minimum Gasteiger partial charge on any atom is -0.493 e. The quantitative estimate of drug-likeness (QED) is 0.568. The van der Waals surface area contributed by atoms with Gasteiger partial charge in [-0.05, 0) is 6.42 Å². The molecule has 2 aromatic rings. The third-order valence-electron chi connectivity index (χ3n) is 3.37. The molecule has 0 radical (unpaired) electrons. The number of carbonyl (C=O) groups is 1. The normalized spacial score (nSPS) is 10.4. The lowest BCUT2D eigenvalue weighted by Crippen LogP contribution is -2.14. The van der Waals surface area contributed by atoms with E-state index in [0.717, 1.165) is 18.9 Å². The maximum atomic E-state index is 12.4. The lowest BCUT2D eigenvalue weighted by atomic mass is 10.1. The number of hydrogen-bond acceptors (Lipinski definition) is 8. The number of amides is 1. The van der Waals surface area contributed by atoms with Gasteiger partial charge >= 0.3 is 6.01 Å². The van der Waals surface area contributed by atoms with Gasteiger partial charge in [0.2, 0.25) is 5.89 Å². The molecular formula is C15H18N4O6. The standard InChI is InChI=1S/C15H18N4O6/c1-4-5-6-13-17-18-15(25-13)16-14(20)9-7-11(23-2)12(24-3)8-10(9)19(21)22/h7-8H,4-6H2,1-3H3,(H,16,18,20). The fourth-order valence-corrected chi connectivity index (χ4v) is 2.10. The van der Waals surface area contributed by atoms with Gasteiger partial charge in [-0.25, -0.2) is 0 Å². The number of nitrogens with zero attached hydrogens (tertiary/aromatic N) is 3. The first-order valence-electron chi connectivity index (χ1n) is 7.54. The van der Waals surface area contributed by atoms with Crippen LogP contribution in [-0.2, 0) is 6.42 Å². The summed E-state index contributed by atoms with van der Waals surface area (Å²) >= 11 is 0. The van der Waals surface area contributed by atoms with Crippen LogP contribution < -0.4 is 14.8 Å². The maximum Gasteiger partial charge on any atom is 0.322 e. The van der Waals surface area contributed by atoms with E-state index in [1.54, 1.807) is 0 Å². The molecule has 10 nitrogen and oxygen atoms in total. The summed E-state index contributed by atoms with van der Waals surface area (Å²) in [4.78, 5) is 23.0.